The van der Waals surface area contributed by atoms with Gasteiger partial charge in [0, 0.05) is 10.5 Å². The van der Waals surface area contributed by atoms with Crippen molar-refractivity contribution in [2.75, 3.05) is 0 Å². The molecule has 1 fully saturated rings. The molecule has 3 rings (SSSR count). The van der Waals surface area contributed by atoms with E-state index in [0.29, 0.717) is 6.04 Å². The maximum atomic E-state index is 5.55. The Hall–Kier alpha value is -0.610. The topological polar surface area (TPSA) is 20.7 Å². The fourth-order valence-corrected chi connectivity index (χ4v) is 4.28. The van der Waals surface area contributed by atoms with Crippen molar-refractivity contribution in [3.63, 3.8) is 0 Å². The second-order valence-corrected chi connectivity index (χ2v) is 7.34. The molecule has 2 atom stereocenters. The summed E-state index contributed by atoms with van der Waals surface area (Å²) in [7, 11) is 0. The van der Waals surface area contributed by atoms with Crippen LogP contribution in [0, 0.1) is 16.6 Å². The number of hydrogen-bond acceptors (Lipinski definition) is 1. The molecule has 1 aliphatic carbocycles. The van der Waals surface area contributed by atoms with Crippen LogP contribution in [0.3, 0.4) is 0 Å². The Morgan fingerprint density at radius 3 is 2.58 bits per heavy atom. The van der Waals surface area contributed by atoms with E-state index < -0.39 is 0 Å². The van der Waals surface area contributed by atoms with E-state index in [1.54, 1.807) is 0 Å². The standard InChI is InChI=1S/C15H19BrN2S/c1-9-5-10(2)7-12(6-9)18-14-8-11(16)3-4-13(14)17-15(18)19/h3-4,8-10,12H,5-7H2,1-2H3,(H,17,19). The first-order valence-corrected chi connectivity index (χ1v) is 8.14. The molecule has 19 heavy (non-hydrogen) atoms. The minimum Gasteiger partial charge on any atom is -0.331 e. The van der Waals surface area contributed by atoms with E-state index in [-0.39, 0.29) is 0 Å². The van der Waals surface area contributed by atoms with Crippen LogP contribution in [0.15, 0.2) is 22.7 Å². The average Bonchev–Trinajstić information content (AvgIpc) is 2.63. The summed E-state index contributed by atoms with van der Waals surface area (Å²) in [6, 6.07) is 6.87. The van der Waals surface area contributed by atoms with E-state index in [2.05, 4.69) is 57.5 Å². The van der Waals surface area contributed by atoms with Crippen molar-refractivity contribution in [3.05, 3.63) is 27.4 Å². The minimum atomic E-state index is 0.536. The molecular weight excluding hydrogens is 320 g/mol. The van der Waals surface area contributed by atoms with Crippen LogP contribution in [-0.4, -0.2) is 9.55 Å². The van der Waals surface area contributed by atoms with Gasteiger partial charge in [-0.15, -0.1) is 0 Å². The van der Waals surface area contributed by atoms with E-state index in [0.717, 1.165) is 26.6 Å². The maximum absolute atomic E-state index is 5.55. The highest BCUT2D eigenvalue weighted by molar-refractivity contribution is 9.10. The molecule has 1 aliphatic rings. The number of nitrogens with zero attached hydrogens (tertiary/aromatic N) is 1. The average molecular weight is 339 g/mol. The monoisotopic (exact) mass is 338 g/mol. The van der Waals surface area contributed by atoms with Gasteiger partial charge in [0.25, 0.3) is 0 Å². The van der Waals surface area contributed by atoms with Crippen molar-refractivity contribution in [1.82, 2.24) is 9.55 Å². The molecule has 0 spiro atoms. The molecule has 2 unspecified atom stereocenters. The Labute approximate surface area is 127 Å². The Kier molecular flexibility index (Phi) is 3.56. The lowest BCUT2D eigenvalue weighted by molar-refractivity contribution is 0.223. The number of aromatic nitrogens is 2. The summed E-state index contributed by atoms with van der Waals surface area (Å²) in [5.74, 6) is 1.57. The maximum Gasteiger partial charge on any atom is 0.178 e. The Bertz CT molecular complexity index is 648. The SMILES string of the molecule is CC1CC(C)CC(n2c(=S)[nH]c3ccc(Br)cc32)C1. The van der Waals surface area contributed by atoms with Gasteiger partial charge in [-0.3, -0.25) is 0 Å². The molecule has 1 aromatic heterocycles. The largest absolute Gasteiger partial charge is 0.331 e. The molecule has 1 N–H and O–H groups in total. The lowest BCUT2D eigenvalue weighted by Gasteiger charge is -2.32. The summed E-state index contributed by atoms with van der Waals surface area (Å²) in [6.07, 6.45) is 3.81. The van der Waals surface area contributed by atoms with Crippen LogP contribution in [0.4, 0.5) is 0 Å². The molecule has 0 amide bonds. The number of benzene rings is 1. The van der Waals surface area contributed by atoms with E-state index in [4.69, 9.17) is 12.2 Å². The van der Waals surface area contributed by atoms with E-state index in [9.17, 15) is 0 Å². The van der Waals surface area contributed by atoms with Gasteiger partial charge < -0.3 is 9.55 Å². The van der Waals surface area contributed by atoms with Crippen molar-refractivity contribution in [3.8, 4) is 0 Å². The zero-order valence-corrected chi connectivity index (χ0v) is 13.7. The van der Waals surface area contributed by atoms with Crippen molar-refractivity contribution in [2.45, 2.75) is 39.2 Å². The highest BCUT2D eigenvalue weighted by Crippen LogP contribution is 2.38. The molecule has 0 aliphatic heterocycles. The third-order valence-corrected chi connectivity index (χ3v) is 4.99. The summed E-state index contributed by atoms with van der Waals surface area (Å²) in [5, 5.41) is 0. The normalized spacial score (nSPS) is 27.8. The number of fused-ring (bicyclic) bond motifs is 1. The molecule has 0 radical (unpaired) electrons. The summed E-state index contributed by atoms with van der Waals surface area (Å²) in [6.45, 7) is 4.72. The second kappa shape index (κ2) is 5.06. The van der Waals surface area contributed by atoms with Gasteiger partial charge in [-0.25, -0.2) is 0 Å². The zero-order valence-electron chi connectivity index (χ0n) is 11.3. The summed E-state index contributed by atoms with van der Waals surface area (Å²) in [5.41, 5.74) is 2.37. The number of halogens is 1. The van der Waals surface area contributed by atoms with Crippen LogP contribution in [-0.2, 0) is 0 Å². The number of nitrogens with one attached hydrogen (secondary N) is 1. The van der Waals surface area contributed by atoms with Gasteiger partial charge in [-0.1, -0.05) is 29.8 Å². The molecular formula is C15H19BrN2S. The molecule has 1 heterocycles. The van der Waals surface area contributed by atoms with Crippen LogP contribution in [0.25, 0.3) is 11.0 Å². The molecule has 1 saturated carbocycles. The highest BCUT2D eigenvalue weighted by atomic mass is 79.9. The molecule has 2 nitrogen and oxygen atoms in total. The number of rotatable bonds is 1. The Balaban J connectivity index is 2.11. The summed E-state index contributed by atoms with van der Waals surface area (Å²) >= 11 is 9.11. The Morgan fingerprint density at radius 2 is 1.89 bits per heavy atom. The van der Waals surface area contributed by atoms with Gasteiger partial charge in [0.1, 0.15) is 0 Å². The van der Waals surface area contributed by atoms with Gasteiger partial charge in [0.05, 0.1) is 11.0 Å². The molecule has 0 bridgehead atoms. The number of imidazole rings is 1. The minimum absolute atomic E-state index is 0.536. The fourth-order valence-electron chi connectivity index (χ4n) is 3.57. The summed E-state index contributed by atoms with van der Waals surface area (Å²) in [4.78, 5) is 3.34. The van der Waals surface area contributed by atoms with Gasteiger partial charge in [0.15, 0.2) is 4.77 Å². The predicted octanol–water partition coefficient (Wildman–Crippen LogP) is 5.46. The third-order valence-electron chi connectivity index (χ3n) is 4.20. The quantitative estimate of drug-likeness (QED) is 0.684. The van der Waals surface area contributed by atoms with E-state index in [1.807, 2.05) is 0 Å². The molecule has 0 saturated heterocycles. The lowest BCUT2D eigenvalue weighted by atomic mass is 9.80. The molecule has 2 aromatic rings. The van der Waals surface area contributed by atoms with Crippen LogP contribution >= 0.6 is 28.1 Å². The first-order valence-electron chi connectivity index (χ1n) is 6.94. The predicted molar refractivity (Wildman–Crippen MR) is 86.0 cm³/mol. The Morgan fingerprint density at radius 1 is 1.21 bits per heavy atom. The second-order valence-electron chi connectivity index (χ2n) is 6.03. The van der Waals surface area contributed by atoms with Gasteiger partial charge in [0.2, 0.25) is 0 Å². The summed E-state index contributed by atoms with van der Waals surface area (Å²) < 4.78 is 4.31. The molecule has 1 aromatic carbocycles. The highest BCUT2D eigenvalue weighted by Gasteiger charge is 2.26. The number of aromatic amines is 1. The van der Waals surface area contributed by atoms with Crippen LogP contribution in [0.1, 0.15) is 39.2 Å². The lowest BCUT2D eigenvalue weighted by Crippen LogP contribution is -2.22. The van der Waals surface area contributed by atoms with Gasteiger partial charge in [-0.05, 0) is 61.5 Å². The van der Waals surface area contributed by atoms with Gasteiger partial charge >= 0.3 is 0 Å². The van der Waals surface area contributed by atoms with Crippen LogP contribution in [0.5, 0.6) is 0 Å². The fraction of sp³-hybridized carbons (Fsp3) is 0.533. The van der Waals surface area contributed by atoms with Gasteiger partial charge in [-0.2, -0.15) is 0 Å². The first kappa shape index (κ1) is 13.4. The van der Waals surface area contributed by atoms with Crippen LogP contribution in [0.2, 0.25) is 0 Å². The zero-order chi connectivity index (χ0) is 13.6. The third kappa shape index (κ3) is 2.52. The van der Waals surface area contributed by atoms with E-state index >= 15 is 0 Å². The first-order chi connectivity index (χ1) is 9.04. The molecule has 102 valence electrons. The van der Waals surface area contributed by atoms with E-state index in [1.165, 1.54) is 24.8 Å². The molecule has 4 heteroatoms. The van der Waals surface area contributed by atoms with Crippen molar-refractivity contribution >= 4 is 39.2 Å². The van der Waals surface area contributed by atoms with Crippen molar-refractivity contribution in [1.29, 1.82) is 0 Å². The number of H-pyrrole nitrogens is 1. The number of hydrogen-bond donors (Lipinski definition) is 1. The van der Waals surface area contributed by atoms with Crippen LogP contribution < -0.4 is 0 Å². The van der Waals surface area contributed by atoms with Crippen molar-refractivity contribution < 1.29 is 0 Å². The van der Waals surface area contributed by atoms with Crippen molar-refractivity contribution in [2.24, 2.45) is 11.8 Å². The smallest absolute Gasteiger partial charge is 0.178 e.